The first-order chi connectivity index (χ1) is 10.0. The number of alkyl halides is 2. The SMILES string of the molecule is COc1ccc(OC)c(C(NN)C2CCC(F)(F)CC2)c1. The summed E-state index contributed by atoms with van der Waals surface area (Å²) in [7, 11) is 3.16. The molecule has 1 unspecified atom stereocenters. The molecule has 0 bridgehead atoms. The van der Waals surface area contributed by atoms with Gasteiger partial charge in [-0.25, -0.2) is 8.78 Å². The van der Waals surface area contributed by atoms with E-state index in [0.29, 0.717) is 24.3 Å². The maximum absolute atomic E-state index is 13.3. The number of hydrazine groups is 1. The Kier molecular flexibility index (Phi) is 5.00. The van der Waals surface area contributed by atoms with Crippen LogP contribution in [0.5, 0.6) is 11.5 Å². The zero-order chi connectivity index (χ0) is 15.5. The van der Waals surface area contributed by atoms with Crippen molar-refractivity contribution >= 4 is 0 Å². The Bertz CT molecular complexity index is 473. The average Bonchev–Trinajstić information content (AvgIpc) is 2.49. The quantitative estimate of drug-likeness (QED) is 0.648. The first kappa shape index (κ1) is 16.0. The lowest BCUT2D eigenvalue weighted by Gasteiger charge is -2.34. The molecule has 1 fully saturated rings. The summed E-state index contributed by atoms with van der Waals surface area (Å²) in [5.41, 5.74) is 3.60. The molecule has 4 nitrogen and oxygen atoms in total. The summed E-state index contributed by atoms with van der Waals surface area (Å²) in [5.74, 6) is 4.55. The molecule has 1 aromatic rings. The molecule has 0 radical (unpaired) electrons. The predicted octanol–water partition coefficient (Wildman–Crippen LogP) is 3.03. The molecular formula is C15H22F2N2O2. The van der Waals surface area contributed by atoms with Crippen molar-refractivity contribution in [2.45, 2.75) is 37.6 Å². The van der Waals surface area contributed by atoms with Gasteiger partial charge >= 0.3 is 0 Å². The van der Waals surface area contributed by atoms with Gasteiger partial charge in [-0.3, -0.25) is 11.3 Å². The van der Waals surface area contributed by atoms with Crippen LogP contribution in [0.2, 0.25) is 0 Å². The number of ether oxygens (including phenoxy) is 2. The highest BCUT2D eigenvalue weighted by Crippen LogP contribution is 2.43. The van der Waals surface area contributed by atoms with Gasteiger partial charge in [-0.2, -0.15) is 0 Å². The second kappa shape index (κ2) is 6.58. The number of methoxy groups -OCH3 is 2. The van der Waals surface area contributed by atoms with Crippen LogP contribution < -0.4 is 20.7 Å². The fraction of sp³-hybridized carbons (Fsp3) is 0.600. The fourth-order valence-corrected chi connectivity index (χ4v) is 2.96. The van der Waals surface area contributed by atoms with Gasteiger partial charge in [-0.05, 0) is 37.0 Å². The standard InChI is InChI=1S/C15H22F2N2O2/c1-20-11-3-4-13(21-2)12(9-11)14(19-18)10-5-7-15(16,17)8-6-10/h3-4,9-10,14,19H,5-8,18H2,1-2H3. The first-order valence-corrected chi connectivity index (χ1v) is 7.06. The molecule has 0 amide bonds. The Hall–Kier alpha value is -1.40. The lowest BCUT2D eigenvalue weighted by Crippen LogP contribution is -2.37. The van der Waals surface area contributed by atoms with E-state index in [1.807, 2.05) is 6.07 Å². The van der Waals surface area contributed by atoms with Crippen LogP contribution in [0.4, 0.5) is 8.78 Å². The van der Waals surface area contributed by atoms with Crippen LogP contribution >= 0.6 is 0 Å². The lowest BCUT2D eigenvalue weighted by molar-refractivity contribution is -0.0498. The Morgan fingerprint density at radius 3 is 2.43 bits per heavy atom. The van der Waals surface area contributed by atoms with E-state index < -0.39 is 5.92 Å². The van der Waals surface area contributed by atoms with E-state index in [1.165, 1.54) is 0 Å². The van der Waals surface area contributed by atoms with Crippen molar-refractivity contribution in [2.75, 3.05) is 14.2 Å². The number of halogens is 2. The second-order valence-electron chi connectivity index (χ2n) is 5.45. The van der Waals surface area contributed by atoms with Gasteiger partial charge in [0.15, 0.2) is 0 Å². The minimum atomic E-state index is -2.55. The molecular weight excluding hydrogens is 278 g/mol. The van der Waals surface area contributed by atoms with Crippen molar-refractivity contribution in [1.82, 2.24) is 5.43 Å². The molecule has 0 spiro atoms. The number of nitrogens with one attached hydrogen (secondary N) is 1. The normalized spacial score (nSPS) is 20.0. The van der Waals surface area contributed by atoms with Crippen LogP contribution in [0, 0.1) is 5.92 Å². The highest BCUT2D eigenvalue weighted by atomic mass is 19.3. The Morgan fingerprint density at radius 1 is 1.24 bits per heavy atom. The highest BCUT2D eigenvalue weighted by Gasteiger charge is 2.38. The molecule has 2 rings (SSSR count). The molecule has 0 heterocycles. The third-order valence-corrected chi connectivity index (χ3v) is 4.18. The molecule has 1 atom stereocenters. The summed E-state index contributed by atoms with van der Waals surface area (Å²) < 4.78 is 37.2. The summed E-state index contributed by atoms with van der Waals surface area (Å²) in [6, 6.07) is 5.21. The van der Waals surface area contributed by atoms with Gasteiger partial charge in [-0.1, -0.05) is 0 Å². The fourth-order valence-electron chi connectivity index (χ4n) is 2.96. The molecule has 1 aliphatic carbocycles. The average molecular weight is 300 g/mol. The first-order valence-electron chi connectivity index (χ1n) is 7.06. The summed E-state index contributed by atoms with van der Waals surface area (Å²) >= 11 is 0. The number of nitrogens with two attached hydrogens (primary N) is 1. The van der Waals surface area contributed by atoms with E-state index in [0.717, 1.165) is 5.56 Å². The molecule has 3 N–H and O–H groups in total. The Labute approximate surface area is 123 Å². The maximum Gasteiger partial charge on any atom is 0.248 e. The van der Waals surface area contributed by atoms with Crippen LogP contribution in [0.15, 0.2) is 18.2 Å². The van der Waals surface area contributed by atoms with Gasteiger partial charge < -0.3 is 9.47 Å². The van der Waals surface area contributed by atoms with E-state index in [1.54, 1.807) is 26.4 Å². The summed E-state index contributed by atoms with van der Waals surface area (Å²) in [6.45, 7) is 0. The van der Waals surface area contributed by atoms with Crippen molar-refractivity contribution in [3.8, 4) is 11.5 Å². The molecule has 0 aliphatic heterocycles. The van der Waals surface area contributed by atoms with Crippen molar-refractivity contribution in [1.29, 1.82) is 0 Å². The van der Waals surface area contributed by atoms with Crippen LogP contribution in [0.3, 0.4) is 0 Å². The van der Waals surface area contributed by atoms with E-state index >= 15 is 0 Å². The summed E-state index contributed by atoms with van der Waals surface area (Å²) in [6.07, 6.45) is 0.675. The number of hydrogen-bond donors (Lipinski definition) is 2. The van der Waals surface area contributed by atoms with Crippen LogP contribution in [-0.4, -0.2) is 20.1 Å². The lowest BCUT2D eigenvalue weighted by atomic mass is 9.79. The predicted molar refractivity (Wildman–Crippen MR) is 76.5 cm³/mol. The van der Waals surface area contributed by atoms with Gasteiger partial charge in [0.05, 0.1) is 20.3 Å². The molecule has 0 saturated heterocycles. The summed E-state index contributed by atoms with van der Waals surface area (Å²) in [4.78, 5) is 0. The van der Waals surface area contributed by atoms with Crippen molar-refractivity contribution in [3.05, 3.63) is 23.8 Å². The number of hydrogen-bond acceptors (Lipinski definition) is 4. The Morgan fingerprint density at radius 2 is 1.90 bits per heavy atom. The Balaban J connectivity index is 2.24. The second-order valence-corrected chi connectivity index (χ2v) is 5.45. The molecule has 1 aromatic carbocycles. The van der Waals surface area contributed by atoms with Crippen molar-refractivity contribution in [2.24, 2.45) is 11.8 Å². The number of rotatable bonds is 5. The molecule has 1 saturated carbocycles. The monoisotopic (exact) mass is 300 g/mol. The van der Waals surface area contributed by atoms with Gasteiger partial charge in [0.25, 0.3) is 0 Å². The minimum absolute atomic E-state index is 0.0515. The molecule has 0 aromatic heterocycles. The van der Waals surface area contributed by atoms with Gasteiger partial charge in [0.1, 0.15) is 11.5 Å². The van der Waals surface area contributed by atoms with Gasteiger partial charge in [0.2, 0.25) is 5.92 Å². The minimum Gasteiger partial charge on any atom is -0.497 e. The largest absolute Gasteiger partial charge is 0.497 e. The van der Waals surface area contributed by atoms with E-state index in [4.69, 9.17) is 15.3 Å². The maximum atomic E-state index is 13.3. The topological polar surface area (TPSA) is 56.5 Å². The molecule has 6 heteroatoms. The number of benzene rings is 1. The molecule has 21 heavy (non-hydrogen) atoms. The smallest absolute Gasteiger partial charge is 0.248 e. The van der Waals surface area contributed by atoms with E-state index in [2.05, 4.69) is 5.43 Å². The molecule has 1 aliphatic rings. The van der Waals surface area contributed by atoms with Crippen molar-refractivity contribution in [3.63, 3.8) is 0 Å². The third kappa shape index (κ3) is 3.63. The molecule has 118 valence electrons. The summed E-state index contributed by atoms with van der Waals surface area (Å²) in [5, 5.41) is 0. The van der Waals surface area contributed by atoms with Crippen molar-refractivity contribution < 1.29 is 18.3 Å². The van der Waals surface area contributed by atoms with Crippen LogP contribution in [0.1, 0.15) is 37.3 Å². The van der Waals surface area contributed by atoms with Crippen LogP contribution in [0.25, 0.3) is 0 Å². The zero-order valence-corrected chi connectivity index (χ0v) is 12.4. The van der Waals surface area contributed by atoms with E-state index in [-0.39, 0.29) is 24.8 Å². The van der Waals surface area contributed by atoms with Gasteiger partial charge in [0, 0.05) is 18.4 Å². The highest BCUT2D eigenvalue weighted by molar-refractivity contribution is 5.42. The van der Waals surface area contributed by atoms with Crippen LogP contribution in [-0.2, 0) is 0 Å². The van der Waals surface area contributed by atoms with E-state index in [9.17, 15) is 8.78 Å². The van der Waals surface area contributed by atoms with Gasteiger partial charge in [-0.15, -0.1) is 0 Å². The third-order valence-electron chi connectivity index (χ3n) is 4.18. The zero-order valence-electron chi connectivity index (χ0n) is 12.4.